The highest BCUT2D eigenvalue weighted by molar-refractivity contribution is 5.96. The largest absolute Gasteiger partial charge is 0.349 e. The summed E-state index contributed by atoms with van der Waals surface area (Å²) in [5.41, 5.74) is 2.49. The molecule has 0 spiro atoms. The van der Waals surface area contributed by atoms with Gasteiger partial charge in [-0.15, -0.1) is 0 Å². The lowest BCUT2D eigenvalue weighted by Gasteiger charge is -2.07. The van der Waals surface area contributed by atoms with Crippen LogP contribution in [0.1, 0.15) is 35.2 Å². The van der Waals surface area contributed by atoms with Gasteiger partial charge in [-0.3, -0.25) is 9.59 Å². The molecule has 4 nitrogen and oxygen atoms in total. The second-order valence-corrected chi connectivity index (χ2v) is 5.86. The zero-order chi connectivity index (χ0) is 16.1. The number of aryl methyl sites for hydroxylation is 1. The Morgan fingerprint density at radius 3 is 2.30 bits per heavy atom. The van der Waals surface area contributed by atoms with Crippen molar-refractivity contribution in [3.63, 3.8) is 0 Å². The Bertz CT molecular complexity index is 676. The highest BCUT2D eigenvalue weighted by atomic mass is 16.2. The van der Waals surface area contributed by atoms with E-state index in [1.54, 1.807) is 24.3 Å². The van der Waals surface area contributed by atoms with Crippen molar-refractivity contribution >= 4 is 17.5 Å². The van der Waals surface area contributed by atoms with E-state index in [1.807, 2.05) is 30.3 Å². The van der Waals surface area contributed by atoms with Crippen molar-refractivity contribution < 1.29 is 9.59 Å². The Labute approximate surface area is 135 Å². The zero-order valence-corrected chi connectivity index (χ0v) is 12.9. The van der Waals surface area contributed by atoms with E-state index in [-0.39, 0.29) is 11.8 Å². The van der Waals surface area contributed by atoms with Gasteiger partial charge in [0.15, 0.2) is 0 Å². The molecule has 0 bridgehead atoms. The van der Waals surface area contributed by atoms with Crippen LogP contribution in [-0.2, 0) is 11.2 Å². The number of benzene rings is 2. The van der Waals surface area contributed by atoms with Gasteiger partial charge < -0.3 is 10.6 Å². The van der Waals surface area contributed by atoms with Crippen molar-refractivity contribution in [3.05, 3.63) is 65.7 Å². The first-order valence-electron chi connectivity index (χ1n) is 7.95. The molecule has 1 aliphatic rings. The average Bonchev–Trinajstić information content (AvgIpc) is 3.38. The maximum Gasteiger partial charge on any atom is 0.251 e. The smallest absolute Gasteiger partial charge is 0.251 e. The van der Waals surface area contributed by atoms with E-state index in [9.17, 15) is 9.59 Å². The molecule has 2 aromatic carbocycles. The van der Waals surface area contributed by atoms with Crippen LogP contribution in [0.2, 0.25) is 0 Å². The highest BCUT2D eigenvalue weighted by Crippen LogP contribution is 2.19. The van der Waals surface area contributed by atoms with Crippen molar-refractivity contribution in [1.29, 1.82) is 0 Å². The molecule has 1 aliphatic carbocycles. The molecule has 3 rings (SSSR count). The topological polar surface area (TPSA) is 58.2 Å². The standard InChI is InChI=1S/C19H20N2O2/c22-18(13-6-14-4-2-1-3-5-14)20-16-9-7-15(8-10-16)19(23)21-17-11-12-17/h1-5,7-10,17H,6,11-13H2,(H,20,22)(H,21,23). The summed E-state index contributed by atoms with van der Waals surface area (Å²) < 4.78 is 0. The summed E-state index contributed by atoms with van der Waals surface area (Å²) in [4.78, 5) is 23.9. The second-order valence-electron chi connectivity index (χ2n) is 5.86. The van der Waals surface area contributed by atoms with Crippen LogP contribution in [0.3, 0.4) is 0 Å². The van der Waals surface area contributed by atoms with Crippen molar-refractivity contribution in [2.24, 2.45) is 0 Å². The van der Waals surface area contributed by atoms with Gasteiger partial charge in [0, 0.05) is 23.7 Å². The predicted molar refractivity (Wildman–Crippen MR) is 90.3 cm³/mol. The van der Waals surface area contributed by atoms with E-state index in [0.717, 1.165) is 18.4 Å². The summed E-state index contributed by atoms with van der Waals surface area (Å²) >= 11 is 0. The lowest BCUT2D eigenvalue weighted by Crippen LogP contribution is -2.25. The van der Waals surface area contributed by atoms with Crippen LogP contribution in [-0.4, -0.2) is 17.9 Å². The molecule has 0 aliphatic heterocycles. The molecule has 2 N–H and O–H groups in total. The fourth-order valence-electron chi connectivity index (χ4n) is 2.33. The van der Waals surface area contributed by atoms with Crippen LogP contribution in [0.5, 0.6) is 0 Å². The molecule has 0 atom stereocenters. The molecular weight excluding hydrogens is 288 g/mol. The average molecular weight is 308 g/mol. The molecule has 1 fully saturated rings. The Kier molecular flexibility index (Phi) is 4.71. The maximum absolute atomic E-state index is 12.0. The van der Waals surface area contributed by atoms with Crippen molar-refractivity contribution in [2.45, 2.75) is 31.7 Å². The lowest BCUT2D eigenvalue weighted by molar-refractivity contribution is -0.116. The predicted octanol–water partition coefficient (Wildman–Crippen LogP) is 3.15. The molecule has 4 heteroatoms. The van der Waals surface area contributed by atoms with Gasteiger partial charge in [-0.25, -0.2) is 0 Å². The molecular formula is C19H20N2O2. The summed E-state index contributed by atoms with van der Waals surface area (Å²) in [5, 5.41) is 5.80. The van der Waals surface area contributed by atoms with Crippen LogP contribution in [0.25, 0.3) is 0 Å². The van der Waals surface area contributed by atoms with E-state index in [1.165, 1.54) is 0 Å². The Morgan fingerprint density at radius 2 is 1.65 bits per heavy atom. The van der Waals surface area contributed by atoms with E-state index < -0.39 is 0 Å². The molecule has 0 unspecified atom stereocenters. The number of nitrogens with one attached hydrogen (secondary N) is 2. The third-order valence-electron chi connectivity index (χ3n) is 3.83. The van der Waals surface area contributed by atoms with Crippen molar-refractivity contribution in [3.8, 4) is 0 Å². The summed E-state index contributed by atoms with van der Waals surface area (Å²) in [5.74, 6) is -0.0708. The van der Waals surface area contributed by atoms with Gasteiger partial charge in [0.05, 0.1) is 0 Å². The monoisotopic (exact) mass is 308 g/mol. The number of amides is 2. The number of hydrogen-bond donors (Lipinski definition) is 2. The number of carbonyl (C=O) groups is 2. The molecule has 0 radical (unpaired) electrons. The van der Waals surface area contributed by atoms with Gasteiger partial charge in [-0.2, -0.15) is 0 Å². The van der Waals surface area contributed by atoms with Crippen molar-refractivity contribution in [1.82, 2.24) is 5.32 Å². The minimum absolute atomic E-state index is 0.0240. The van der Waals surface area contributed by atoms with Gasteiger partial charge in [-0.1, -0.05) is 30.3 Å². The summed E-state index contributed by atoms with van der Waals surface area (Å²) in [6.45, 7) is 0. The number of carbonyl (C=O) groups excluding carboxylic acids is 2. The maximum atomic E-state index is 12.0. The summed E-state index contributed by atoms with van der Waals surface area (Å²) in [6.07, 6.45) is 3.30. The Balaban J connectivity index is 1.49. The van der Waals surface area contributed by atoms with Gasteiger partial charge in [-0.05, 0) is 49.1 Å². The zero-order valence-electron chi connectivity index (χ0n) is 12.9. The van der Waals surface area contributed by atoms with E-state index >= 15 is 0 Å². The van der Waals surface area contributed by atoms with Gasteiger partial charge in [0.25, 0.3) is 5.91 Å². The fraction of sp³-hybridized carbons (Fsp3) is 0.263. The molecule has 23 heavy (non-hydrogen) atoms. The molecule has 118 valence electrons. The van der Waals surface area contributed by atoms with Crippen LogP contribution < -0.4 is 10.6 Å². The number of rotatable bonds is 6. The van der Waals surface area contributed by atoms with Gasteiger partial charge >= 0.3 is 0 Å². The third-order valence-corrected chi connectivity index (χ3v) is 3.83. The molecule has 2 aromatic rings. The SMILES string of the molecule is O=C(CCc1ccccc1)Nc1ccc(C(=O)NC2CC2)cc1. The van der Waals surface area contributed by atoms with Gasteiger partial charge in [0.1, 0.15) is 0 Å². The van der Waals surface area contributed by atoms with Gasteiger partial charge in [0.2, 0.25) is 5.91 Å². The summed E-state index contributed by atoms with van der Waals surface area (Å²) in [7, 11) is 0. The van der Waals surface area contributed by atoms with Crippen molar-refractivity contribution in [2.75, 3.05) is 5.32 Å². The highest BCUT2D eigenvalue weighted by Gasteiger charge is 2.23. The van der Waals surface area contributed by atoms with Crippen LogP contribution >= 0.6 is 0 Å². The summed E-state index contributed by atoms with van der Waals surface area (Å²) in [6, 6.07) is 17.3. The quantitative estimate of drug-likeness (QED) is 0.861. The molecule has 0 saturated heterocycles. The van der Waals surface area contributed by atoms with E-state index in [2.05, 4.69) is 10.6 Å². The number of anilines is 1. The van der Waals surface area contributed by atoms with Crippen LogP contribution in [0, 0.1) is 0 Å². The second kappa shape index (κ2) is 7.09. The molecule has 2 amide bonds. The first-order chi connectivity index (χ1) is 11.2. The minimum Gasteiger partial charge on any atom is -0.349 e. The van der Waals surface area contributed by atoms with Crippen LogP contribution in [0.15, 0.2) is 54.6 Å². The van der Waals surface area contributed by atoms with E-state index in [4.69, 9.17) is 0 Å². The lowest BCUT2D eigenvalue weighted by atomic mass is 10.1. The number of hydrogen-bond acceptors (Lipinski definition) is 2. The molecule has 0 heterocycles. The first-order valence-corrected chi connectivity index (χ1v) is 7.95. The third kappa shape index (κ3) is 4.68. The normalized spacial score (nSPS) is 13.4. The minimum atomic E-state index is -0.0468. The fourth-order valence-corrected chi connectivity index (χ4v) is 2.33. The van der Waals surface area contributed by atoms with Crippen LogP contribution in [0.4, 0.5) is 5.69 Å². The molecule has 0 aromatic heterocycles. The van der Waals surface area contributed by atoms with E-state index in [0.29, 0.717) is 30.1 Å². The first kappa shape index (κ1) is 15.3. The molecule has 1 saturated carbocycles. The Morgan fingerprint density at radius 1 is 0.957 bits per heavy atom. The Hall–Kier alpha value is -2.62.